The molecule has 94 valence electrons. The lowest BCUT2D eigenvalue weighted by Crippen LogP contribution is -2.15. The predicted molar refractivity (Wildman–Crippen MR) is 82.1 cm³/mol. The van der Waals surface area contributed by atoms with Gasteiger partial charge in [0, 0.05) is 24.9 Å². The first-order chi connectivity index (χ1) is 9.31. The van der Waals surface area contributed by atoms with E-state index in [1.165, 1.54) is 0 Å². The van der Waals surface area contributed by atoms with Crippen LogP contribution < -0.4 is 4.90 Å². The first kappa shape index (κ1) is 11.7. The van der Waals surface area contributed by atoms with Crippen molar-refractivity contribution in [1.29, 1.82) is 0 Å². The van der Waals surface area contributed by atoms with E-state index in [0.29, 0.717) is 0 Å². The molecule has 0 atom stereocenters. The molecular formula is C16H15N3. The zero-order valence-corrected chi connectivity index (χ0v) is 11.0. The molecule has 1 aromatic heterocycles. The number of anilines is 1. The highest BCUT2D eigenvalue weighted by molar-refractivity contribution is 6.11. The van der Waals surface area contributed by atoms with Crippen LogP contribution in [0.25, 0.3) is 21.8 Å². The molecule has 0 aliphatic heterocycles. The largest absolute Gasteiger partial charge is 0.335 e. The van der Waals surface area contributed by atoms with E-state index in [0.717, 1.165) is 27.5 Å². The number of rotatable bonds is 2. The molecule has 0 saturated carbocycles. The molecular weight excluding hydrogens is 234 g/mol. The SMILES string of the molecule is CN=CN(C)c1c2ccccc2nc2ccccc12. The normalized spacial score (nSPS) is 11.5. The molecule has 3 rings (SSSR count). The van der Waals surface area contributed by atoms with Crippen molar-refractivity contribution in [2.75, 3.05) is 19.0 Å². The second-order valence-electron chi connectivity index (χ2n) is 4.48. The van der Waals surface area contributed by atoms with Crippen LogP contribution in [0.3, 0.4) is 0 Å². The Morgan fingerprint density at radius 3 is 2.00 bits per heavy atom. The van der Waals surface area contributed by atoms with Crippen molar-refractivity contribution in [3.05, 3.63) is 48.5 Å². The summed E-state index contributed by atoms with van der Waals surface area (Å²) in [5.41, 5.74) is 3.16. The van der Waals surface area contributed by atoms with E-state index in [1.54, 1.807) is 7.05 Å². The number of pyridine rings is 1. The van der Waals surface area contributed by atoms with Crippen LogP contribution in [-0.2, 0) is 0 Å². The quantitative estimate of drug-likeness (QED) is 0.395. The monoisotopic (exact) mass is 249 g/mol. The summed E-state index contributed by atoms with van der Waals surface area (Å²) in [7, 11) is 3.79. The smallest absolute Gasteiger partial charge is 0.0888 e. The molecule has 3 heteroatoms. The molecule has 0 unspecified atom stereocenters. The van der Waals surface area contributed by atoms with Gasteiger partial charge in [0.25, 0.3) is 0 Å². The average Bonchev–Trinajstić information content (AvgIpc) is 2.44. The minimum absolute atomic E-state index is 1.01. The van der Waals surface area contributed by atoms with E-state index in [-0.39, 0.29) is 0 Å². The molecule has 2 aromatic carbocycles. The number of aliphatic imine (C=N–C) groups is 1. The summed E-state index contributed by atoms with van der Waals surface area (Å²) in [5.74, 6) is 0. The van der Waals surface area contributed by atoms with Crippen molar-refractivity contribution < 1.29 is 0 Å². The maximum absolute atomic E-state index is 4.71. The van der Waals surface area contributed by atoms with Gasteiger partial charge >= 0.3 is 0 Å². The summed E-state index contributed by atoms with van der Waals surface area (Å²) >= 11 is 0. The lowest BCUT2D eigenvalue weighted by atomic mass is 10.1. The van der Waals surface area contributed by atoms with Crippen molar-refractivity contribution >= 4 is 33.8 Å². The molecule has 0 aliphatic carbocycles. The van der Waals surface area contributed by atoms with Crippen molar-refractivity contribution in [3.8, 4) is 0 Å². The van der Waals surface area contributed by atoms with E-state index < -0.39 is 0 Å². The third-order valence-corrected chi connectivity index (χ3v) is 3.20. The summed E-state index contributed by atoms with van der Waals surface area (Å²) in [5, 5.41) is 2.28. The lowest BCUT2D eigenvalue weighted by molar-refractivity contribution is 1.29. The van der Waals surface area contributed by atoms with E-state index in [2.05, 4.69) is 17.1 Å². The molecule has 0 N–H and O–H groups in total. The first-order valence-corrected chi connectivity index (χ1v) is 6.24. The third-order valence-electron chi connectivity index (χ3n) is 3.20. The second-order valence-corrected chi connectivity index (χ2v) is 4.48. The maximum Gasteiger partial charge on any atom is 0.0888 e. The van der Waals surface area contributed by atoms with Crippen LogP contribution >= 0.6 is 0 Å². The number of hydrogen-bond donors (Lipinski definition) is 0. The average molecular weight is 249 g/mol. The van der Waals surface area contributed by atoms with Gasteiger partial charge in [-0.25, -0.2) is 4.98 Å². The Bertz CT molecular complexity index is 708. The van der Waals surface area contributed by atoms with Crippen molar-refractivity contribution in [3.63, 3.8) is 0 Å². The number of benzene rings is 2. The number of hydrogen-bond acceptors (Lipinski definition) is 2. The summed E-state index contributed by atoms with van der Waals surface area (Å²) in [6.45, 7) is 0. The Morgan fingerprint density at radius 1 is 0.947 bits per heavy atom. The molecule has 0 aliphatic rings. The van der Waals surface area contributed by atoms with Gasteiger partial charge in [-0.2, -0.15) is 0 Å². The minimum atomic E-state index is 1.01. The van der Waals surface area contributed by atoms with Crippen molar-refractivity contribution in [1.82, 2.24) is 4.98 Å². The third kappa shape index (κ3) is 1.93. The van der Waals surface area contributed by atoms with Crippen LogP contribution in [0, 0.1) is 0 Å². The summed E-state index contributed by atoms with van der Waals surface area (Å²) in [6.07, 6.45) is 1.83. The standard InChI is InChI=1S/C16H15N3/c1-17-11-19(2)16-12-7-3-5-9-14(12)18-15-10-6-4-8-13(15)16/h3-11H,1-2H3. The van der Waals surface area contributed by atoms with E-state index in [9.17, 15) is 0 Å². The van der Waals surface area contributed by atoms with Crippen LogP contribution in [0.4, 0.5) is 5.69 Å². The summed E-state index contributed by atoms with van der Waals surface area (Å²) < 4.78 is 0. The van der Waals surface area contributed by atoms with Gasteiger partial charge in [-0.05, 0) is 12.1 Å². The highest BCUT2D eigenvalue weighted by atomic mass is 15.1. The Kier molecular flexibility index (Phi) is 2.88. The van der Waals surface area contributed by atoms with Gasteiger partial charge in [-0.3, -0.25) is 4.99 Å². The fraction of sp³-hybridized carbons (Fsp3) is 0.125. The molecule has 1 heterocycles. The molecule has 3 nitrogen and oxygen atoms in total. The van der Waals surface area contributed by atoms with Crippen LogP contribution in [0.1, 0.15) is 0 Å². The molecule has 0 bridgehead atoms. The molecule has 3 aromatic rings. The zero-order chi connectivity index (χ0) is 13.2. The van der Waals surface area contributed by atoms with Gasteiger partial charge in [0.2, 0.25) is 0 Å². The van der Waals surface area contributed by atoms with E-state index >= 15 is 0 Å². The fourth-order valence-corrected chi connectivity index (χ4v) is 2.43. The van der Waals surface area contributed by atoms with Crippen LogP contribution in [-0.4, -0.2) is 25.4 Å². The molecule has 19 heavy (non-hydrogen) atoms. The molecule has 0 amide bonds. The van der Waals surface area contributed by atoms with E-state index in [1.807, 2.05) is 54.7 Å². The lowest BCUT2D eigenvalue weighted by Gasteiger charge is -2.18. The zero-order valence-electron chi connectivity index (χ0n) is 11.0. The molecule has 0 fully saturated rings. The Labute approximate surface area is 112 Å². The fourth-order valence-electron chi connectivity index (χ4n) is 2.43. The van der Waals surface area contributed by atoms with Crippen molar-refractivity contribution in [2.24, 2.45) is 4.99 Å². The van der Waals surface area contributed by atoms with Gasteiger partial charge in [0.1, 0.15) is 0 Å². The topological polar surface area (TPSA) is 28.5 Å². The minimum Gasteiger partial charge on any atom is -0.335 e. The highest BCUT2D eigenvalue weighted by Crippen LogP contribution is 2.32. The Hall–Kier alpha value is -2.42. The Balaban J connectivity index is 2.46. The van der Waals surface area contributed by atoms with Crippen LogP contribution in [0.5, 0.6) is 0 Å². The van der Waals surface area contributed by atoms with Gasteiger partial charge in [-0.1, -0.05) is 36.4 Å². The van der Waals surface area contributed by atoms with Gasteiger partial charge in [-0.15, -0.1) is 0 Å². The number of nitrogens with zero attached hydrogens (tertiary/aromatic N) is 3. The van der Waals surface area contributed by atoms with Crippen molar-refractivity contribution in [2.45, 2.75) is 0 Å². The van der Waals surface area contributed by atoms with E-state index in [4.69, 9.17) is 4.98 Å². The van der Waals surface area contributed by atoms with Gasteiger partial charge in [0.05, 0.1) is 23.1 Å². The maximum atomic E-state index is 4.71. The Morgan fingerprint density at radius 2 is 1.47 bits per heavy atom. The summed E-state index contributed by atoms with van der Waals surface area (Å²) in [6, 6.07) is 16.4. The first-order valence-electron chi connectivity index (χ1n) is 6.24. The molecule has 0 spiro atoms. The summed E-state index contributed by atoms with van der Waals surface area (Å²) in [4.78, 5) is 10.9. The number of aromatic nitrogens is 1. The van der Waals surface area contributed by atoms with Crippen LogP contribution in [0.2, 0.25) is 0 Å². The van der Waals surface area contributed by atoms with Gasteiger partial charge in [0.15, 0.2) is 0 Å². The number of para-hydroxylation sites is 2. The molecule has 0 radical (unpaired) electrons. The predicted octanol–water partition coefficient (Wildman–Crippen LogP) is 3.48. The highest BCUT2D eigenvalue weighted by Gasteiger charge is 2.10. The second kappa shape index (κ2) is 4.69. The van der Waals surface area contributed by atoms with Crippen LogP contribution in [0.15, 0.2) is 53.5 Å². The molecule has 0 saturated heterocycles. The van der Waals surface area contributed by atoms with Gasteiger partial charge < -0.3 is 4.90 Å². The number of fused-ring (bicyclic) bond motifs is 2.